The van der Waals surface area contributed by atoms with Gasteiger partial charge in [0.15, 0.2) is 17.5 Å². The van der Waals surface area contributed by atoms with E-state index < -0.39 is 6.09 Å². The molecule has 0 bridgehead atoms. The summed E-state index contributed by atoms with van der Waals surface area (Å²) >= 11 is 1.30. The van der Waals surface area contributed by atoms with Gasteiger partial charge in [-0.1, -0.05) is 11.8 Å². The number of nitrogens with zero attached hydrogens (tertiary/aromatic N) is 5. The van der Waals surface area contributed by atoms with Crippen LogP contribution in [-0.4, -0.2) is 84.5 Å². The highest BCUT2D eigenvalue weighted by molar-refractivity contribution is 8.00. The van der Waals surface area contributed by atoms with Crippen LogP contribution in [0.1, 0.15) is 0 Å². The molecule has 0 spiro atoms. The first-order valence-electron chi connectivity index (χ1n) is 10.6. The average molecular weight is 487 g/mol. The van der Waals surface area contributed by atoms with Crippen LogP contribution in [0.4, 0.5) is 27.9 Å². The van der Waals surface area contributed by atoms with Crippen molar-refractivity contribution < 1.29 is 23.9 Å². The van der Waals surface area contributed by atoms with E-state index in [9.17, 15) is 14.4 Å². The van der Waals surface area contributed by atoms with Crippen LogP contribution in [-0.2, 0) is 14.3 Å². The molecule has 34 heavy (non-hydrogen) atoms. The molecule has 2 aromatic rings. The lowest BCUT2D eigenvalue weighted by atomic mass is 10.3. The number of cyclic esters (lactones) is 1. The zero-order valence-electron chi connectivity index (χ0n) is 18.2. The molecular formula is C20H22N8O5S. The zero-order valence-corrected chi connectivity index (χ0v) is 19.1. The molecule has 0 saturated carbocycles. The van der Waals surface area contributed by atoms with Crippen molar-refractivity contribution in [2.45, 2.75) is 11.1 Å². The first kappa shape index (κ1) is 22.2. The lowest BCUT2D eigenvalue weighted by molar-refractivity contribution is -0.117. The smallest absolute Gasteiger partial charge is 0.416 e. The highest BCUT2D eigenvalue weighted by Crippen LogP contribution is 2.30. The number of amides is 3. The summed E-state index contributed by atoms with van der Waals surface area (Å²) in [4.78, 5) is 51.6. The van der Waals surface area contributed by atoms with Gasteiger partial charge in [0.25, 0.3) is 0 Å². The van der Waals surface area contributed by atoms with Crippen LogP contribution in [0.25, 0.3) is 0 Å². The fourth-order valence-corrected chi connectivity index (χ4v) is 4.31. The molecule has 3 aliphatic rings. The van der Waals surface area contributed by atoms with Gasteiger partial charge in [-0.15, -0.1) is 0 Å². The third-order valence-corrected chi connectivity index (χ3v) is 6.33. The van der Waals surface area contributed by atoms with Crippen molar-refractivity contribution in [1.82, 2.24) is 20.3 Å². The number of aromatic nitrogens is 3. The number of rotatable bonds is 7. The number of ether oxygens (including phenoxy) is 2. The van der Waals surface area contributed by atoms with E-state index >= 15 is 0 Å². The summed E-state index contributed by atoms with van der Waals surface area (Å²) in [6, 6.07) is 3.57. The number of fused-ring (bicyclic) bond motifs is 2. The van der Waals surface area contributed by atoms with E-state index in [0.717, 1.165) is 5.69 Å². The molecule has 1 fully saturated rings. The summed E-state index contributed by atoms with van der Waals surface area (Å²) in [6.07, 6.45) is 0.611. The monoisotopic (exact) mass is 486 g/mol. The minimum Gasteiger partial charge on any atom is -0.476 e. The SMILES string of the molecule is CN1C(=O)CNc2ccc(OCCNC[C@H]3CN(c4cnc5c(n4)NC(=O)CS5)C(=O)O3)nc21. The Morgan fingerprint density at radius 2 is 2.18 bits per heavy atom. The van der Waals surface area contributed by atoms with Crippen LogP contribution in [0.15, 0.2) is 23.4 Å². The van der Waals surface area contributed by atoms with E-state index in [0.29, 0.717) is 60.4 Å². The fraction of sp³-hybridized carbons (Fsp3) is 0.400. The van der Waals surface area contributed by atoms with Crippen molar-refractivity contribution in [3.8, 4) is 5.88 Å². The molecule has 0 radical (unpaired) electrons. The molecule has 2 aromatic heterocycles. The van der Waals surface area contributed by atoms with E-state index in [-0.39, 0.29) is 24.5 Å². The van der Waals surface area contributed by atoms with Crippen molar-refractivity contribution in [3.05, 3.63) is 18.3 Å². The number of likely N-dealkylation sites (N-methyl/N-ethyl adjacent to an activating group) is 1. The maximum Gasteiger partial charge on any atom is 0.416 e. The molecule has 0 aliphatic carbocycles. The Balaban J connectivity index is 1.09. The number of thioether (sulfide) groups is 1. The van der Waals surface area contributed by atoms with E-state index in [2.05, 4.69) is 30.9 Å². The van der Waals surface area contributed by atoms with Gasteiger partial charge in [0.2, 0.25) is 17.7 Å². The molecular weight excluding hydrogens is 464 g/mol. The second-order valence-corrected chi connectivity index (χ2v) is 8.68. The first-order chi connectivity index (χ1) is 16.5. The molecule has 0 unspecified atom stereocenters. The van der Waals surface area contributed by atoms with Crippen molar-refractivity contribution in [2.24, 2.45) is 0 Å². The zero-order chi connectivity index (χ0) is 23.7. The summed E-state index contributed by atoms with van der Waals surface area (Å²) in [7, 11) is 1.68. The van der Waals surface area contributed by atoms with Gasteiger partial charge in [-0.3, -0.25) is 19.4 Å². The molecule has 5 rings (SSSR count). The minimum absolute atomic E-state index is 0.0658. The molecule has 3 N–H and O–H groups in total. The van der Waals surface area contributed by atoms with Gasteiger partial charge in [-0.2, -0.15) is 4.98 Å². The maximum atomic E-state index is 12.3. The van der Waals surface area contributed by atoms with Crippen LogP contribution >= 0.6 is 11.8 Å². The molecule has 3 aliphatic heterocycles. The quantitative estimate of drug-likeness (QED) is 0.464. The van der Waals surface area contributed by atoms with E-state index in [4.69, 9.17) is 9.47 Å². The number of hydrogen-bond acceptors (Lipinski definition) is 11. The third-order valence-electron chi connectivity index (χ3n) is 5.35. The van der Waals surface area contributed by atoms with Gasteiger partial charge in [0.1, 0.15) is 17.7 Å². The van der Waals surface area contributed by atoms with E-state index in [1.165, 1.54) is 27.8 Å². The summed E-state index contributed by atoms with van der Waals surface area (Å²) in [5.74, 6) is 1.70. The van der Waals surface area contributed by atoms with Gasteiger partial charge < -0.3 is 25.4 Å². The maximum absolute atomic E-state index is 12.3. The summed E-state index contributed by atoms with van der Waals surface area (Å²) < 4.78 is 11.1. The standard InChI is InChI=1S/C20H22N8O5S/c1-27-16(30)8-22-12-2-3-15(26-18(12)27)32-5-4-21-6-11-9-28(20(31)33-11)13-7-23-19-17(24-13)25-14(29)10-34-19/h2-3,7,11,21-22H,4-6,8-10H2,1H3,(H,24,25,29)/t11-/m0/s1. The van der Waals surface area contributed by atoms with Crippen molar-refractivity contribution in [1.29, 1.82) is 0 Å². The predicted octanol–water partition coefficient (Wildman–Crippen LogP) is 0.298. The molecule has 14 heteroatoms. The molecule has 1 saturated heterocycles. The van der Waals surface area contributed by atoms with Gasteiger partial charge in [-0.25, -0.2) is 14.8 Å². The third kappa shape index (κ3) is 4.54. The molecule has 1 atom stereocenters. The Labute approximate surface area is 198 Å². The largest absolute Gasteiger partial charge is 0.476 e. The van der Waals surface area contributed by atoms with Crippen LogP contribution < -0.4 is 30.5 Å². The summed E-state index contributed by atoms with van der Waals surface area (Å²) in [5.41, 5.74) is 0.782. The summed E-state index contributed by atoms with van der Waals surface area (Å²) in [5, 5.41) is 9.50. The Kier molecular flexibility index (Phi) is 6.06. The number of carbonyl (C=O) groups excluding carboxylic acids is 3. The van der Waals surface area contributed by atoms with Crippen LogP contribution in [0.3, 0.4) is 0 Å². The Morgan fingerprint density at radius 1 is 1.29 bits per heavy atom. The van der Waals surface area contributed by atoms with Crippen LogP contribution in [0.5, 0.6) is 5.88 Å². The van der Waals surface area contributed by atoms with Gasteiger partial charge >= 0.3 is 6.09 Å². The van der Waals surface area contributed by atoms with E-state index in [1.54, 1.807) is 13.1 Å². The second kappa shape index (κ2) is 9.30. The second-order valence-electron chi connectivity index (χ2n) is 7.71. The molecule has 13 nitrogen and oxygen atoms in total. The van der Waals surface area contributed by atoms with Crippen molar-refractivity contribution in [2.75, 3.05) is 66.0 Å². The summed E-state index contributed by atoms with van der Waals surface area (Å²) in [6.45, 7) is 1.82. The van der Waals surface area contributed by atoms with Crippen LogP contribution in [0, 0.1) is 0 Å². The highest BCUT2D eigenvalue weighted by Gasteiger charge is 2.34. The normalized spacial score (nSPS) is 19.2. The number of hydrogen-bond donors (Lipinski definition) is 3. The number of anilines is 4. The van der Waals surface area contributed by atoms with Gasteiger partial charge in [0.05, 0.1) is 30.7 Å². The van der Waals surface area contributed by atoms with Gasteiger partial charge in [-0.05, 0) is 6.07 Å². The number of carbonyl (C=O) groups is 3. The Hall–Kier alpha value is -3.65. The van der Waals surface area contributed by atoms with Crippen molar-refractivity contribution in [3.63, 3.8) is 0 Å². The van der Waals surface area contributed by atoms with Crippen molar-refractivity contribution >= 4 is 52.8 Å². The van der Waals surface area contributed by atoms with Crippen LogP contribution in [0.2, 0.25) is 0 Å². The fourth-order valence-electron chi connectivity index (χ4n) is 3.61. The Bertz CT molecular complexity index is 1150. The predicted molar refractivity (Wildman–Crippen MR) is 124 cm³/mol. The number of nitrogens with one attached hydrogen (secondary N) is 3. The Morgan fingerprint density at radius 3 is 3.06 bits per heavy atom. The molecule has 178 valence electrons. The lowest BCUT2D eigenvalue weighted by Crippen LogP contribution is -2.37. The lowest BCUT2D eigenvalue weighted by Gasteiger charge is -2.25. The van der Waals surface area contributed by atoms with Gasteiger partial charge in [0, 0.05) is 26.2 Å². The average Bonchev–Trinajstić information content (AvgIpc) is 3.21. The van der Waals surface area contributed by atoms with E-state index in [1.807, 2.05) is 6.07 Å². The number of pyridine rings is 1. The molecule has 0 aromatic carbocycles. The topological polar surface area (TPSA) is 151 Å². The highest BCUT2D eigenvalue weighted by atomic mass is 32.2. The minimum atomic E-state index is -0.516. The molecule has 3 amide bonds. The molecule has 5 heterocycles. The first-order valence-corrected chi connectivity index (χ1v) is 11.6.